The number of piperidine rings is 1. The van der Waals surface area contributed by atoms with E-state index in [0.29, 0.717) is 31.6 Å². The van der Waals surface area contributed by atoms with Gasteiger partial charge < -0.3 is 9.64 Å². The molecule has 10 heteroatoms. The Hall–Kier alpha value is -2.33. The van der Waals surface area contributed by atoms with Crippen molar-refractivity contribution >= 4 is 15.8 Å². The zero-order chi connectivity index (χ0) is 20.1. The van der Waals surface area contributed by atoms with Gasteiger partial charge in [-0.15, -0.1) is 0 Å². The maximum absolute atomic E-state index is 14.6. The van der Waals surface area contributed by atoms with Crippen molar-refractivity contribution in [3.05, 3.63) is 41.9 Å². The van der Waals surface area contributed by atoms with Crippen molar-refractivity contribution in [1.82, 2.24) is 14.3 Å². The number of sulfonamides is 1. The Morgan fingerprint density at radius 3 is 2.57 bits per heavy atom. The number of halogens is 2. The van der Waals surface area contributed by atoms with Crippen molar-refractivity contribution < 1.29 is 21.9 Å². The summed E-state index contributed by atoms with van der Waals surface area (Å²) in [4.78, 5) is 9.55. The molecule has 28 heavy (non-hydrogen) atoms. The summed E-state index contributed by atoms with van der Waals surface area (Å²) in [5, 5.41) is 0. The fourth-order valence-electron chi connectivity index (χ4n) is 3.97. The molecule has 7 nitrogen and oxygen atoms in total. The van der Waals surface area contributed by atoms with Gasteiger partial charge in [0.15, 0.2) is 11.6 Å². The van der Waals surface area contributed by atoms with Crippen LogP contribution < -0.4 is 9.64 Å². The number of aryl methyl sites for hydroxylation is 1. The van der Waals surface area contributed by atoms with Crippen molar-refractivity contribution in [2.45, 2.75) is 36.7 Å². The van der Waals surface area contributed by atoms with E-state index in [-0.39, 0.29) is 28.5 Å². The third-order valence-electron chi connectivity index (χ3n) is 5.29. The van der Waals surface area contributed by atoms with Crippen LogP contribution in [0.2, 0.25) is 0 Å². The van der Waals surface area contributed by atoms with Crippen LogP contribution in [0.5, 0.6) is 5.75 Å². The van der Waals surface area contributed by atoms with Crippen molar-refractivity contribution in [2.24, 2.45) is 0 Å². The quantitative estimate of drug-likeness (QED) is 0.750. The van der Waals surface area contributed by atoms with Crippen LogP contribution in [0.25, 0.3) is 0 Å². The minimum Gasteiger partial charge on any atom is -0.495 e. The standard InChI is InChI=1S/C18H20F2N4O3S/c1-3-14-17(20)18(22-10-21-14)23-8-12-7-13(9-23)24(12)28(25,26)16-6-11(19)4-5-15(16)27-2/h4-6,10,12-13H,3,7-9H2,1-2H3. The molecule has 3 aliphatic heterocycles. The second-order valence-electron chi connectivity index (χ2n) is 6.89. The zero-order valence-corrected chi connectivity index (χ0v) is 16.3. The highest BCUT2D eigenvalue weighted by Gasteiger charge is 2.52. The molecular formula is C18H20F2N4O3S. The molecule has 5 rings (SSSR count). The smallest absolute Gasteiger partial charge is 0.247 e. The highest BCUT2D eigenvalue weighted by molar-refractivity contribution is 7.89. The molecular weight excluding hydrogens is 390 g/mol. The molecule has 0 amide bonds. The molecule has 2 bridgehead atoms. The van der Waals surface area contributed by atoms with Crippen LogP contribution >= 0.6 is 0 Å². The molecule has 0 N–H and O–H groups in total. The highest BCUT2D eigenvalue weighted by Crippen LogP contribution is 2.41. The topological polar surface area (TPSA) is 75.6 Å². The van der Waals surface area contributed by atoms with Crippen molar-refractivity contribution in [1.29, 1.82) is 0 Å². The summed E-state index contributed by atoms with van der Waals surface area (Å²) in [5.74, 6) is -0.825. The average molecular weight is 410 g/mol. The fourth-order valence-corrected chi connectivity index (χ4v) is 5.95. The molecule has 2 unspecified atom stereocenters. The molecule has 0 radical (unpaired) electrons. The molecule has 0 saturated carbocycles. The second kappa shape index (κ2) is 6.93. The van der Waals surface area contributed by atoms with Gasteiger partial charge in [0, 0.05) is 25.2 Å². The number of fused-ring (bicyclic) bond motifs is 2. The Bertz CT molecular complexity index is 1010. The van der Waals surface area contributed by atoms with E-state index in [1.165, 1.54) is 23.8 Å². The minimum atomic E-state index is -3.94. The van der Waals surface area contributed by atoms with Gasteiger partial charge in [-0.2, -0.15) is 4.31 Å². The number of benzene rings is 1. The number of nitrogens with zero attached hydrogens (tertiary/aromatic N) is 4. The van der Waals surface area contributed by atoms with E-state index in [9.17, 15) is 17.2 Å². The van der Waals surface area contributed by atoms with Crippen molar-refractivity contribution in [3.63, 3.8) is 0 Å². The van der Waals surface area contributed by atoms with E-state index >= 15 is 0 Å². The highest BCUT2D eigenvalue weighted by atomic mass is 32.2. The summed E-state index contributed by atoms with van der Waals surface area (Å²) >= 11 is 0. The SMILES string of the molecule is CCc1ncnc(N2CC3CC(C2)N3S(=O)(=O)c2cc(F)ccc2OC)c1F. The van der Waals surface area contributed by atoms with E-state index in [0.717, 1.165) is 12.1 Å². The van der Waals surface area contributed by atoms with Gasteiger partial charge in [-0.3, -0.25) is 0 Å². The first-order chi connectivity index (χ1) is 13.4. The van der Waals surface area contributed by atoms with Crippen molar-refractivity contribution in [3.8, 4) is 5.75 Å². The molecule has 4 heterocycles. The normalized spacial score (nSPS) is 22.1. The number of piperazine rings is 1. The lowest BCUT2D eigenvalue weighted by Crippen LogP contribution is -2.70. The first kappa shape index (κ1) is 19.0. The summed E-state index contributed by atoms with van der Waals surface area (Å²) in [6, 6.07) is 2.75. The predicted octanol–water partition coefficient (Wildman–Crippen LogP) is 1.98. The molecule has 150 valence electrons. The first-order valence-corrected chi connectivity index (χ1v) is 10.4. The van der Waals surface area contributed by atoms with Crippen molar-refractivity contribution in [2.75, 3.05) is 25.1 Å². The number of hydrogen-bond donors (Lipinski definition) is 0. The zero-order valence-electron chi connectivity index (χ0n) is 15.5. The Labute approximate surface area is 162 Å². The predicted molar refractivity (Wildman–Crippen MR) is 97.8 cm³/mol. The summed E-state index contributed by atoms with van der Waals surface area (Å²) in [7, 11) is -2.60. The average Bonchev–Trinajstić information content (AvgIpc) is 2.67. The van der Waals surface area contributed by atoms with Crippen LogP contribution in [0, 0.1) is 11.6 Å². The lowest BCUT2D eigenvalue weighted by atomic mass is 9.91. The van der Waals surface area contributed by atoms with Gasteiger partial charge in [-0.25, -0.2) is 27.2 Å². The molecule has 3 aliphatic rings. The van der Waals surface area contributed by atoms with E-state index in [4.69, 9.17) is 4.74 Å². The van der Waals surface area contributed by atoms with E-state index in [1.54, 1.807) is 4.90 Å². The van der Waals surface area contributed by atoms with Gasteiger partial charge in [-0.1, -0.05) is 6.92 Å². The Balaban J connectivity index is 1.61. The van der Waals surface area contributed by atoms with Gasteiger partial charge in [0.25, 0.3) is 0 Å². The van der Waals surface area contributed by atoms with Crippen LogP contribution in [0.3, 0.4) is 0 Å². The van der Waals surface area contributed by atoms with Crippen LogP contribution in [0.4, 0.5) is 14.6 Å². The number of aromatic nitrogens is 2. The number of methoxy groups -OCH3 is 1. The Morgan fingerprint density at radius 2 is 1.93 bits per heavy atom. The van der Waals surface area contributed by atoms with Crippen LogP contribution in [0.1, 0.15) is 19.0 Å². The van der Waals surface area contributed by atoms with Gasteiger partial charge in [0.05, 0.1) is 12.8 Å². The van der Waals surface area contributed by atoms with E-state index in [2.05, 4.69) is 9.97 Å². The monoisotopic (exact) mass is 410 g/mol. The Morgan fingerprint density at radius 1 is 1.21 bits per heavy atom. The largest absolute Gasteiger partial charge is 0.495 e. The molecule has 3 saturated heterocycles. The molecule has 1 aromatic carbocycles. The third kappa shape index (κ3) is 2.91. The summed E-state index contributed by atoms with van der Waals surface area (Å²) in [6.45, 7) is 2.43. The van der Waals surface area contributed by atoms with Crippen LogP contribution in [-0.4, -0.2) is 55.0 Å². The van der Waals surface area contributed by atoms with Crippen LogP contribution in [0.15, 0.2) is 29.4 Å². The lowest BCUT2D eigenvalue weighted by molar-refractivity contribution is 0.0868. The molecule has 3 fully saturated rings. The van der Waals surface area contributed by atoms with Crippen LogP contribution in [-0.2, 0) is 16.4 Å². The summed E-state index contributed by atoms with van der Waals surface area (Å²) in [5.41, 5.74) is 0.332. The first-order valence-electron chi connectivity index (χ1n) is 8.98. The molecule has 0 spiro atoms. The maximum atomic E-state index is 14.6. The van der Waals surface area contributed by atoms with Gasteiger partial charge in [0.2, 0.25) is 10.0 Å². The molecule has 0 aliphatic carbocycles. The number of hydrogen-bond acceptors (Lipinski definition) is 6. The number of rotatable bonds is 5. The van der Waals surface area contributed by atoms with Gasteiger partial charge in [0.1, 0.15) is 22.8 Å². The van der Waals surface area contributed by atoms with E-state index in [1.807, 2.05) is 6.92 Å². The lowest BCUT2D eigenvalue weighted by Gasteiger charge is -2.55. The number of anilines is 1. The summed E-state index contributed by atoms with van der Waals surface area (Å²) in [6.07, 6.45) is 2.44. The summed E-state index contributed by atoms with van der Waals surface area (Å²) < 4.78 is 61.0. The molecule has 2 atom stereocenters. The molecule has 2 aromatic rings. The van der Waals surface area contributed by atoms with Gasteiger partial charge >= 0.3 is 0 Å². The fraction of sp³-hybridized carbons (Fsp3) is 0.444. The minimum absolute atomic E-state index is 0.0951. The van der Waals surface area contributed by atoms with Gasteiger partial charge in [-0.05, 0) is 31.0 Å². The second-order valence-corrected chi connectivity index (χ2v) is 8.70. The Kier molecular flexibility index (Phi) is 4.70. The molecule has 1 aromatic heterocycles. The third-order valence-corrected chi connectivity index (χ3v) is 7.31. The number of ether oxygens (including phenoxy) is 1. The van der Waals surface area contributed by atoms with E-state index < -0.39 is 21.7 Å². The maximum Gasteiger partial charge on any atom is 0.247 e.